The lowest BCUT2D eigenvalue weighted by Crippen LogP contribution is -2.42. The van der Waals surface area contributed by atoms with Crippen molar-refractivity contribution in [2.24, 2.45) is 0 Å². The van der Waals surface area contributed by atoms with Gasteiger partial charge in [0, 0.05) is 42.8 Å². The van der Waals surface area contributed by atoms with Crippen molar-refractivity contribution >= 4 is 35.2 Å². The number of unbranched alkanes of at least 4 members (excludes halogenated alkanes) is 1. The minimum absolute atomic E-state index is 0.115. The minimum Gasteiger partial charge on any atom is -0.492 e. The number of amides is 2. The number of carboxylic acid groups (broad SMARTS) is 1. The molecule has 210 valence electrons. The number of hydrogen-bond donors (Lipinski definition) is 2. The van der Waals surface area contributed by atoms with Crippen LogP contribution in [0, 0.1) is 0 Å². The number of carbonyl (C=O) groups excluding carboxylic acids is 1. The molecular formula is C28H38Cl2N2O6. The van der Waals surface area contributed by atoms with Gasteiger partial charge in [-0.1, -0.05) is 42.3 Å². The molecule has 1 atom stereocenters. The van der Waals surface area contributed by atoms with Crippen molar-refractivity contribution in [3.8, 4) is 5.75 Å². The van der Waals surface area contributed by atoms with Crippen molar-refractivity contribution < 1.29 is 28.9 Å². The highest BCUT2D eigenvalue weighted by molar-refractivity contribution is 6.34. The Kier molecular flexibility index (Phi) is 14.9. The molecule has 0 aliphatic heterocycles. The number of halogens is 2. The lowest BCUT2D eigenvalue weighted by Gasteiger charge is -2.23. The van der Waals surface area contributed by atoms with Gasteiger partial charge in [-0.05, 0) is 67.6 Å². The molecule has 2 N–H and O–H groups in total. The van der Waals surface area contributed by atoms with E-state index < -0.39 is 12.1 Å². The van der Waals surface area contributed by atoms with E-state index in [1.54, 1.807) is 30.0 Å². The third-order valence-electron chi connectivity index (χ3n) is 5.59. The maximum atomic E-state index is 12.6. The molecule has 2 aromatic carbocycles. The number of carbonyl (C=O) groups is 2. The van der Waals surface area contributed by atoms with Crippen LogP contribution in [0.5, 0.6) is 5.75 Å². The molecule has 1 unspecified atom stereocenters. The summed E-state index contributed by atoms with van der Waals surface area (Å²) in [6.45, 7) is 7.07. The molecule has 2 aromatic rings. The van der Waals surface area contributed by atoms with E-state index >= 15 is 0 Å². The van der Waals surface area contributed by atoms with Gasteiger partial charge in [0.1, 0.15) is 12.4 Å². The first-order chi connectivity index (χ1) is 18.3. The lowest BCUT2D eigenvalue weighted by atomic mass is 10.1. The first-order valence-corrected chi connectivity index (χ1v) is 13.7. The monoisotopic (exact) mass is 568 g/mol. The third kappa shape index (κ3) is 12.3. The topological polar surface area (TPSA) is 97.3 Å². The van der Waals surface area contributed by atoms with Crippen LogP contribution in [0.1, 0.15) is 44.2 Å². The Balaban J connectivity index is 1.76. The minimum atomic E-state index is -0.980. The standard InChI is InChI=1S/C28H38Cl2N2O6/c1-3-11-31-28(35)32(12-5-6-14-36-20-22-16-23(29)19-24(30)17-22)13-15-38-25-9-7-21(8-10-25)18-26(27(33)34)37-4-2/h7-10,16-17,19,26H,3-6,11-15,18,20H2,1-2H3,(H,31,35)(H,33,34). The van der Waals surface area contributed by atoms with E-state index in [2.05, 4.69) is 5.32 Å². The molecule has 0 saturated heterocycles. The lowest BCUT2D eigenvalue weighted by molar-refractivity contribution is -0.149. The molecule has 0 saturated carbocycles. The van der Waals surface area contributed by atoms with Crippen molar-refractivity contribution in [3.63, 3.8) is 0 Å². The summed E-state index contributed by atoms with van der Waals surface area (Å²) in [6.07, 6.45) is 1.85. The quantitative estimate of drug-likeness (QED) is 0.220. The fraction of sp³-hybridized carbons (Fsp3) is 0.500. The van der Waals surface area contributed by atoms with Gasteiger partial charge in [-0.15, -0.1) is 0 Å². The van der Waals surface area contributed by atoms with Gasteiger partial charge in [-0.2, -0.15) is 0 Å². The first-order valence-electron chi connectivity index (χ1n) is 12.9. The summed E-state index contributed by atoms with van der Waals surface area (Å²) in [5.74, 6) is -0.327. The summed E-state index contributed by atoms with van der Waals surface area (Å²) in [5, 5.41) is 13.3. The second kappa shape index (κ2) is 17.9. The molecule has 2 amide bonds. The van der Waals surface area contributed by atoms with Crippen LogP contribution in [0.3, 0.4) is 0 Å². The smallest absolute Gasteiger partial charge is 0.333 e. The SMILES string of the molecule is CCCNC(=O)N(CCCCOCc1cc(Cl)cc(Cl)c1)CCOc1ccc(CC(OCC)C(=O)O)cc1. The molecule has 0 spiro atoms. The first kappa shape index (κ1) is 31.7. The largest absolute Gasteiger partial charge is 0.492 e. The predicted octanol–water partition coefficient (Wildman–Crippen LogP) is 5.82. The van der Waals surface area contributed by atoms with E-state index in [1.807, 2.05) is 31.2 Å². The van der Waals surface area contributed by atoms with Crippen molar-refractivity contribution in [2.75, 3.05) is 39.5 Å². The van der Waals surface area contributed by atoms with Gasteiger partial charge in [0.15, 0.2) is 6.10 Å². The van der Waals surface area contributed by atoms with Gasteiger partial charge < -0.3 is 29.5 Å². The van der Waals surface area contributed by atoms with Gasteiger partial charge in [-0.25, -0.2) is 9.59 Å². The molecule has 0 aliphatic rings. The average molecular weight is 570 g/mol. The van der Waals surface area contributed by atoms with E-state index in [-0.39, 0.29) is 12.5 Å². The summed E-state index contributed by atoms with van der Waals surface area (Å²) < 4.78 is 16.8. The number of nitrogens with one attached hydrogen (secondary N) is 1. The van der Waals surface area contributed by atoms with Crippen LogP contribution in [0.25, 0.3) is 0 Å². The number of hydrogen-bond acceptors (Lipinski definition) is 5. The molecule has 8 nitrogen and oxygen atoms in total. The molecule has 0 radical (unpaired) electrons. The Hall–Kier alpha value is -2.52. The van der Waals surface area contributed by atoms with Gasteiger partial charge in [-0.3, -0.25) is 0 Å². The summed E-state index contributed by atoms with van der Waals surface area (Å²) >= 11 is 12.0. The number of urea groups is 1. The van der Waals surface area contributed by atoms with Crippen LogP contribution >= 0.6 is 23.2 Å². The van der Waals surface area contributed by atoms with Gasteiger partial charge in [0.25, 0.3) is 0 Å². The fourth-order valence-electron chi connectivity index (χ4n) is 3.68. The highest BCUT2D eigenvalue weighted by Crippen LogP contribution is 2.19. The zero-order valence-corrected chi connectivity index (χ0v) is 23.6. The number of carboxylic acids is 1. The van der Waals surface area contributed by atoms with Crippen LogP contribution in [-0.2, 0) is 27.3 Å². The van der Waals surface area contributed by atoms with E-state index in [0.29, 0.717) is 61.9 Å². The normalized spacial score (nSPS) is 11.7. The van der Waals surface area contributed by atoms with E-state index in [9.17, 15) is 14.7 Å². The second-order valence-electron chi connectivity index (χ2n) is 8.74. The maximum absolute atomic E-state index is 12.6. The molecule has 0 fully saturated rings. The zero-order valence-electron chi connectivity index (χ0n) is 22.1. The Morgan fingerprint density at radius 1 is 0.974 bits per heavy atom. The highest BCUT2D eigenvalue weighted by Gasteiger charge is 2.18. The Morgan fingerprint density at radius 3 is 2.32 bits per heavy atom. The molecule has 2 rings (SSSR count). The maximum Gasteiger partial charge on any atom is 0.333 e. The average Bonchev–Trinajstić information content (AvgIpc) is 2.88. The summed E-state index contributed by atoms with van der Waals surface area (Å²) in [5.41, 5.74) is 1.77. The summed E-state index contributed by atoms with van der Waals surface area (Å²) in [6, 6.07) is 12.5. The molecule has 38 heavy (non-hydrogen) atoms. The molecule has 0 heterocycles. The van der Waals surface area contributed by atoms with Crippen molar-refractivity contribution in [1.29, 1.82) is 0 Å². The van der Waals surface area contributed by atoms with Gasteiger partial charge >= 0.3 is 12.0 Å². The Bertz CT molecular complexity index is 970. The number of nitrogens with zero attached hydrogens (tertiary/aromatic N) is 1. The fourth-order valence-corrected chi connectivity index (χ4v) is 4.25. The van der Waals surface area contributed by atoms with Gasteiger partial charge in [0.2, 0.25) is 0 Å². The Morgan fingerprint density at radius 2 is 1.68 bits per heavy atom. The second-order valence-corrected chi connectivity index (χ2v) is 9.61. The predicted molar refractivity (Wildman–Crippen MR) is 149 cm³/mol. The van der Waals surface area contributed by atoms with Crippen LogP contribution in [0.4, 0.5) is 4.79 Å². The zero-order chi connectivity index (χ0) is 27.8. The summed E-state index contributed by atoms with van der Waals surface area (Å²) in [7, 11) is 0. The van der Waals surface area contributed by atoms with Gasteiger partial charge in [0.05, 0.1) is 13.2 Å². The third-order valence-corrected chi connectivity index (χ3v) is 6.03. The van der Waals surface area contributed by atoms with E-state index in [0.717, 1.165) is 30.4 Å². The van der Waals surface area contributed by atoms with E-state index in [4.69, 9.17) is 37.4 Å². The molecule has 0 aromatic heterocycles. The van der Waals surface area contributed by atoms with Crippen molar-refractivity contribution in [1.82, 2.24) is 10.2 Å². The van der Waals surface area contributed by atoms with E-state index in [1.165, 1.54) is 0 Å². The number of benzene rings is 2. The van der Waals surface area contributed by atoms with Crippen LogP contribution in [0.2, 0.25) is 10.0 Å². The molecule has 0 aliphatic carbocycles. The van der Waals surface area contributed by atoms with Crippen molar-refractivity contribution in [2.45, 2.75) is 52.2 Å². The highest BCUT2D eigenvalue weighted by atomic mass is 35.5. The summed E-state index contributed by atoms with van der Waals surface area (Å²) in [4.78, 5) is 25.7. The molecule has 0 bridgehead atoms. The molecule has 10 heteroatoms. The van der Waals surface area contributed by atoms with Crippen LogP contribution < -0.4 is 10.1 Å². The number of rotatable bonds is 18. The molecular weight excluding hydrogens is 531 g/mol. The van der Waals surface area contributed by atoms with Crippen LogP contribution in [-0.4, -0.2) is 67.6 Å². The van der Waals surface area contributed by atoms with Crippen molar-refractivity contribution in [3.05, 3.63) is 63.6 Å². The number of aliphatic carboxylic acids is 1. The van der Waals surface area contributed by atoms with Crippen LogP contribution in [0.15, 0.2) is 42.5 Å². The Labute approximate surface area is 235 Å². The number of ether oxygens (including phenoxy) is 3.